The lowest BCUT2D eigenvalue weighted by Gasteiger charge is -2.31. The van der Waals surface area contributed by atoms with Crippen molar-refractivity contribution in [3.8, 4) is 5.75 Å². The number of anilines is 3. The molecule has 0 amide bonds. The Labute approximate surface area is 162 Å². The van der Waals surface area contributed by atoms with Gasteiger partial charge in [0.15, 0.2) is 0 Å². The molecule has 2 N–H and O–H groups in total. The van der Waals surface area contributed by atoms with Crippen LogP contribution < -0.4 is 20.3 Å². The van der Waals surface area contributed by atoms with E-state index in [1.54, 1.807) is 7.11 Å². The van der Waals surface area contributed by atoms with E-state index in [1.165, 1.54) is 6.92 Å². The third-order valence-corrected chi connectivity index (χ3v) is 4.77. The number of hydrogen-bond acceptors (Lipinski definition) is 6. The molecule has 0 bridgehead atoms. The van der Waals surface area contributed by atoms with Gasteiger partial charge >= 0.3 is 6.18 Å². The van der Waals surface area contributed by atoms with Crippen LogP contribution in [-0.2, 0) is 12.6 Å². The number of hydrogen-bond donors (Lipinski definition) is 2. The molecule has 0 atom stereocenters. The van der Waals surface area contributed by atoms with Gasteiger partial charge in [0.1, 0.15) is 5.75 Å². The molecular weight excluding hydrogens is 371 g/mol. The summed E-state index contributed by atoms with van der Waals surface area (Å²) in [6.45, 7) is 7.04. The first-order valence-corrected chi connectivity index (χ1v) is 9.18. The number of nitrogens with one attached hydrogen (secondary N) is 2. The van der Waals surface area contributed by atoms with Crippen LogP contribution >= 0.6 is 0 Å². The Bertz CT molecular complexity index is 835. The molecule has 0 saturated carbocycles. The van der Waals surface area contributed by atoms with Crippen LogP contribution in [0.2, 0.25) is 0 Å². The van der Waals surface area contributed by atoms with Crippen LogP contribution in [0.5, 0.6) is 5.75 Å². The van der Waals surface area contributed by atoms with Crippen LogP contribution in [0.3, 0.4) is 0 Å². The molecule has 152 valence electrons. The quantitative estimate of drug-likeness (QED) is 0.808. The molecule has 0 radical (unpaired) electrons. The van der Waals surface area contributed by atoms with Crippen LogP contribution in [0, 0.1) is 6.92 Å². The Balaban J connectivity index is 1.92. The molecule has 6 nitrogen and oxygen atoms in total. The smallest absolute Gasteiger partial charge is 0.419 e. The zero-order valence-electron chi connectivity index (χ0n) is 16.2. The van der Waals surface area contributed by atoms with Crippen molar-refractivity contribution < 1.29 is 17.9 Å². The molecule has 0 spiro atoms. The van der Waals surface area contributed by atoms with E-state index in [9.17, 15) is 13.2 Å². The molecule has 2 heterocycles. The summed E-state index contributed by atoms with van der Waals surface area (Å²) in [7, 11) is 1.56. The van der Waals surface area contributed by atoms with Crippen molar-refractivity contribution in [1.29, 1.82) is 0 Å². The summed E-state index contributed by atoms with van der Waals surface area (Å²) in [6.07, 6.45) is -2.86. The predicted octanol–water partition coefficient (Wildman–Crippen LogP) is 3.53. The Kier molecular flexibility index (Phi) is 5.93. The van der Waals surface area contributed by atoms with Gasteiger partial charge in [0, 0.05) is 44.1 Å². The van der Waals surface area contributed by atoms with Crippen LogP contribution in [0.25, 0.3) is 0 Å². The minimum Gasteiger partial charge on any atom is -0.494 e. The van der Waals surface area contributed by atoms with Crippen molar-refractivity contribution >= 4 is 17.3 Å². The lowest BCUT2D eigenvalue weighted by Crippen LogP contribution is -2.43. The summed E-state index contributed by atoms with van der Waals surface area (Å²) in [5, 5.41) is 6.34. The number of methoxy groups -OCH3 is 1. The van der Waals surface area contributed by atoms with E-state index in [1.807, 2.05) is 12.1 Å². The average Bonchev–Trinajstić information content (AvgIpc) is 2.67. The average molecular weight is 395 g/mol. The third-order valence-electron chi connectivity index (χ3n) is 4.77. The number of nitrogens with zero attached hydrogens (tertiary/aromatic N) is 3. The molecule has 0 aliphatic carbocycles. The van der Waals surface area contributed by atoms with E-state index < -0.39 is 11.7 Å². The van der Waals surface area contributed by atoms with Gasteiger partial charge in [-0.3, -0.25) is 0 Å². The summed E-state index contributed by atoms with van der Waals surface area (Å²) in [6, 6.07) is 3.91. The maximum absolute atomic E-state index is 12.9. The van der Waals surface area contributed by atoms with Crippen molar-refractivity contribution in [2.75, 3.05) is 43.5 Å². The maximum atomic E-state index is 12.9. The van der Waals surface area contributed by atoms with Crippen LogP contribution in [0.15, 0.2) is 18.3 Å². The van der Waals surface area contributed by atoms with Gasteiger partial charge in [-0.2, -0.15) is 13.2 Å². The van der Waals surface area contributed by atoms with Gasteiger partial charge in [-0.25, -0.2) is 9.97 Å². The molecule has 3 rings (SSSR count). The van der Waals surface area contributed by atoms with E-state index in [2.05, 4.69) is 32.4 Å². The molecule has 9 heteroatoms. The first kappa shape index (κ1) is 20.2. The number of benzene rings is 1. The van der Waals surface area contributed by atoms with Gasteiger partial charge in [-0.05, 0) is 25.0 Å². The van der Waals surface area contributed by atoms with E-state index in [0.717, 1.165) is 50.0 Å². The molecule has 1 aromatic heterocycles. The molecule has 2 aromatic rings. The summed E-state index contributed by atoms with van der Waals surface area (Å²) in [5.41, 5.74) is 1.88. The zero-order valence-corrected chi connectivity index (χ0v) is 16.2. The molecule has 1 aromatic carbocycles. The van der Waals surface area contributed by atoms with Gasteiger partial charge in [0.2, 0.25) is 5.95 Å². The highest BCUT2D eigenvalue weighted by Crippen LogP contribution is 2.36. The third kappa shape index (κ3) is 4.30. The van der Waals surface area contributed by atoms with E-state index in [0.29, 0.717) is 11.4 Å². The first-order valence-electron chi connectivity index (χ1n) is 9.18. The Morgan fingerprint density at radius 1 is 1.25 bits per heavy atom. The number of ether oxygens (including phenoxy) is 1. The standard InChI is InChI=1S/C19H24F3N5O/c1-4-13-9-15(17(28-3)10-16(13)27-7-5-23-6-8-27)26-18-24-11-14(12(2)25-18)19(20,21)22/h9-11,23H,4-8H2,1-3H3,(H,24,25,26). The number of halogens is 3. The van der Waals surface area contributed by atoms with Crippen LogP contribution in [-0.4, -0.2) is 43.3 Å². The van der Waals surface area contributed by atoms with Crippen molar-refractivity contribution in [3.05, 3.63) is 35.2 Å². The number of aromatic nitrogens is 2. The fourth-order valence-electron chi connectivity index (χ4n) is 3.29. The summed E-state index contributed by atoms with van der Waals surface area (Å²) < 4.78 is 44.3. The van der Waals surface area contributed by atoms with Gasteiger partial charge in [0.25, 0.3) is 0 Å². The van der Waals surface area contributed by atoms with Crippen molar-refractivity contribution in [3.63, 3.8) is 0 Å². The van der Waals surface area contributed by atoms with E-state index >= 15 is 0 Å². The summed E-state index contributed by atoms with van der Waals surface area (Å²) in [5.74, 6) is 0.688. The predicted molar refractivity (Wildman–Crippen MR) is 103 cm³/mol. The molecule has 1 fully saturated rings. The SMILES string of the molecule is CCc1cc(Nc2ncc(C(F)(F)F)c(C)n2)c(OC)cc1N1CCNCC1. The topological polar surface area (TPSA) is 62.3 Å². The largest absolute Gasteiger partial charge is 0.494 e. The van der Waals surface area contributed by atoms with E-state index in [-0.39, 0.29) is 11.6 Å². The van der Waals surface area contributed by atoms with Gasteiger partial charge in [-0.15, -0.1) is 0 Å². The second-order valence-corrected chi connectivity index (χ2v) is 6.59. The minimum absolute atomic E-state index is 0.0979. The highest BCUT2D eigenvalue weighted by atomic mass is 19.4. The molecular formula is C19H24F3N5O. The Morgan fingerprint density at radius 3 is 2.54 bits per heavy atom. The monoisotopic (exact) mass is 395 g/mol. The number of alkyl halides is 3. The maximum Gasteiger partial charge on any atom is 0.419 e. The fraction of sp³-hybridized carbons (Fsp3) is 0.474. The van der Waals surface area contributed by atoms with E-state index in [4.69, 9.17) is 4.74 Å². The minimum atomic E-state index is -4.47. The molecule has 28 heavy (non-hydrogen) atoms. The highest BCUT2D eigenvalue weighted by molar-refractivity contribution is 5.71. The van der Waals surface area contributed by atoms with Crippen molar-refractivity contribution in [2.45, 2.75) is 26.4 Å². The van der Waals surface area contributed by atoms with Gasteiger partial charge < -0.3 is 20.3 Å². The number of aryl methyl sites for hydroxylation is 2. The second-order valence-electron chi connectivity index (χ2n) is 6.59. The normalized spacial score (nSPS) is 14.9. The number of rotatable bonds is 5. The molecule has 1 saturated heterocycles. The van der Waals surface area contributed by atoms with Gasteiger partial charge in [0.05, 0.1) is 24.1 Å². The summed E-state index contributed by atoms with van der Waals surface area (Å²) in [4.78, 5) is 10.1. The van der Waals surface area contributed by atoms with Gasteiger partial charge in [-0.1, -0.05) is 6.92 Å². The van der Waals surface area contributed by atoms with Crippen LogP contribution in [0.1, 0.15) is 23.7 Å². The lowest BCUT2D eigenvalue weighted by molar-refractivity contribution is -0.138. The second kappa shape index (κ2) is 8.22. The zero-order chi connectivity index (χ0) is 20.3. The Morgan fingerprint density at radius 2 is 1.96 bits per heavy atom. The van der Waals surface area contributed by atoms with Crippen molar-refractivity contribution in [1.82, 2.24) is 15.3 Å². The molecule has 0 unspecified atom stereocenters. The fourth-order valence-corrected chi connectivity index (χ4v) is 3.29. The number of piperazine rings is 1. The molecule has 1 aliphatic rings. The Hall–Kier alpha value is -2.55. The first-order chi connectivity index (χ1) is 13.3. The summed E-state index contributed by atoms with van der Waals surface area (Å²) >= 11 is 0. The molecule has 1 aliphatic heterocycles. The lowest BCUT2D eigenvalue weighted by atomic mass is 10.1. The van der Waals surface area contributed by atoms with Crippen molar-refractivity contribution in [2.24, 2.45) is 0 Å². The van der Waals surface area contributed by atoms with Crippen LogP contribution in [0.4, 0.5) is 30.5 Å². The highest BCUT2D eigenvalue weighted by Gasteiger charge is 2.33.